The molecule has 2 nitrogen and oxygen atoms in total. The van der Waals surface area contributed by atoms with Gasteiger partial charge >= 0.3 is 0 Å². The third-order valence-electron chi connectivity index (χ3n) is 9.87. The number of benzene rings is 4. The lowest BCUT2D eigenvalue weighted by Gasteiger charge is -2.24. The summed E-state index contributed by atoms with van der Waals surface area (Å²) in [5, 5.41) is 6.06. The fourth-order valence-electron chi connectivity index (χ4n) is 7.63. The molecule has 0 saturated carbocycles. The largest absolute Gasteiger partial charge is 0.347 e. The molecular weight excluding hydrogens is 556 g/mol. The van der Waals surface area contributed by atoms with Crippen molar-refractivity contribution in [2.75, 3.05) is 19.0 Å². The average molecular weight is 600 g/mol. The van der Waals surface area contributed by atoms with Crippen LogP contribution in [0.15, 0.2) is 119 Å². The van der Waals surface area contributed by atoms with Gasteiger partial charge in [-0.1, -0.05) is 106 Å². The number of fused-ring (bicyclic) bond motifs is 6. The summed E-state index contributed by atoms with van der Waals surface area (Å²) < 4.78 is 2.34. The fourth-order valence-corrected chi connectivity index (χ4v) is 7.85. The van der Waals surface area contributed by atoms with Crippen molar-refractivity contribution in [2.24, 2.45) is 0 Å². The van der Waals surface area contributed by atoms with Crippen molar-refractivity contribution in [1.82, 2.24) is 0 Å². The standard InChI is InChI=1S/C41H44ClN2/c1-9-14-30(22-26-36-41(5,6)38-32-18-13-11-16-29(32)21-24-34(38)44(36)8)39(42)27(2)19-25-35-40(3,4)37-31-17-12-10-15-28(31)20-23-33(37)43(35)7/h10-13,15-26H,9,14H2,1-8H3/q+1. The van der Waals surface area contributed by atoms with Gasteiger partial charge in [-0.2, -0.15) is 4.58 Å². The molecule has 0 N–H and O–H groups in total. The van der Waals surface area contributed by atoms with Crippen molar-refractivity contribution < 1.29 is 4.58 Å². The van der Waals surface area contributed by atoms with Gasteiger partial charge in [-0.05, 0) is 83.7 Å². The maximum absolute atomic E-state index is 7.19. The van der Waals surface area contributed by atoms with E-state index < -0.39 is 0 Å². The summed E-state index contributed by atoms with van der Waals surface area (Å²) in [7, 11) is 4.36. The van der Waals surface area contributed by atoms with Crippen molar-refractivity contribution in [3.63, 3.8) is 0 Å². The fraction of sp³-hybridized carbons (Fsp3) is 0.293. The Balaban J connectivity index is 1.35. The molecule has 0 atom stereocenters. The molecule has 0 aromatic heterocycles. The highest BCUT2D eigenvalue weighted by atomic mass is 35.5. The molecule has 0 radical (unpaired) electrons. The Hall–Kier alpha value is -3.88. The van der Waals surface area contributed by atoms with E-state index in [2.05, 4.69) is 162 Å². The van der Waals surface area contributed by atoms with Gasteiger partial charge in [-0.25, -0.2) is 0 Å². The Labute approximate surface area is 268 Å². The molecule has 2 aliphatic heterocycles. The first-order valence-corrected chi connectivity index (χ1v) is 16.2. The first-order valence-electron chi connectivity index (χ1n) is 15.8. The molecule has 0 fully saturated rings. The Kier molecular flexibility index (Phi) is 7.70. The van der Waals surface area contributed by atoms with Gasteiger partial charge < -0.3 is 4.90 Å². The molecule has 4 aromatic rings. The van der Waals surface area contributed by atoms with Crippen LogP contribution >= 0.6 is 11.6 Å². The summed E-state index contributed by atoms with van der Waals surface area (Å²) in [6, 6.07) is 26.4. The monoisotopic (exact) mass is 599 g/mol. The second-order valence-corrected chi connectivity index (χ2v) is 13.8. The number of allylic oxidation sites excluding steroid dienone is 8. The quantitative estimate of drug-likeness (QED) is 0.158. The minimum Gasteiger partial charge on any atom is -0.347 e. The van der Waals surface area contributed by atoms with E-state index in [0.29, 0.717) is 0 Å². The molecule has 4 aromatic carbocycles. The highest BCUT2D eigenvalue weighted by Crippen LogP contribution is 2.50. The first-order chi connectivity index (χ1) is 21.0. The molecular formula is C41H44ClN2+. The molecule has 0 amide bonds. The van der Waals surface area contributed by atoms with E-state index >= 15 is 0 Å². The van der Waals surface area contributed by atoms with Crippen LogP contribution in [0.5, 0.6) is 0 Å². The van der Waals surface area contributed by atoms with Crippen molar-refractivity contribution in [3.8, 4) is 0 Å². The highest BCUT2D eigenvalue weighted by Gasteiger charge is 2.44. The van der Waals surface area contributed by atoms with Gasteiger partial charge in [-0.3, -0.25) is 0 Å². The van der Waals surface area contributed by atoms with Crippen LogP contribution in [0.2, 0.25) is 0 Å². The van der Waals surface area contributed by atoms with Crippen LogP contribution in [-0.2, 0) is 10.8 Å². The zero-order valence-electron chi connectivity index (χ0n) is 27.4. The predicted molar refractivity (Wildman–Crippen MR) is 192 cm³/mol. The number of halogens is 1. The molecule has 6 rings (SSSR count). The van der Waals surface area contributed by atoms with Gasteiger partial charge in [0.05, 0.1) is 5.41 Å². The second kappa shape index (κ2) is 11.2. The van der Waals surface area contributed by atoms with Gasteiger partial charge in [0, 0.05) is 46.6 Å². The Bertz CT molecular complexity index is 1960. The van der Waals surface area contributed by atoms with Crippen LogP contribution in [0, 0.1) is 0 Å². The van der Waals surface area contributed by atoms with Crippen LogP contribution in [-0.4, -0.2) is 24.4 Å². The minimum absolute atomic E-state index is 0.126. The minimum atomic E-state index is -0.127. The number of hydrogen-bond acceptors (Lipinski definition) is 1. The maximum atomic E-state index is 7.19. The summed E-state index contributed by atoms with van der Waals surface area (Å²) in [6.07, 6.45) is 11.0. The van der Waals surface area contributed by atoms with Crippen LogP contribution in [0.1, 0.15) is 65.5 Å². The van der Waals surface area contributed by atoms with E-state index in [1.54, 1.807) is 0 Å². The molecule has 0 bridgehead atoms. The van der Waals surface area contributed by atoms with Crippen molar-refractivity contribution >= 4 is 50.2 Å². The molecule has 224 valence electrons. The van der Waals surface area contributed by atoms with Gasteiger partial charge in [0.25, 0.3) is 0 Å². The molecule has 3 heteroatoms. The van der Waals surface area contributed by atoms with Crippen molar-refractivity contribution in [3.05, 3.63) is 130 Å². The van der Waals surface area contributed by atoms with E-state index in [1.807, 2.05) is 0 Å². The van der Waals surface area contributed by atoms with Crippen molar-refractivity contribution in [1.29, 1.82) is 0 Å². The summed E-state index contributed by atoms with van der Waals surface area (Å²) in [4.78, 5) is 2.35. The van der Waals surface area contributed by atoms with E-state index in [1.165, 1.54) is 61.0 Å². The van der Waals surface area contributed by atoms with Gasteiger partial charge in [0.1, 0.15) is 7.05 Å². The molecule has 0 aliphatic carbocycles. The van der Waals surface area contributed by atoms with Gasteiger partial charge in [0.15, 0.2) is 5.71 Å². The van der Waals surface area contributed by atoms with E-state index in [4.69, 9.17) is 11.6 Å². The number of likely N-dealkylation sites (N-methyl/N-ethyl adjacent to an activating group) is 1. The molecule has 0 spiro atoms. The van der Waals surface area contributed by atoms with Crippen LogP contribution in [0.3, 0.4) is 0 Å². The van der Waals surface area contributed by atoms with Crippen LogP contribution < -0.4 is 4.90 Å². The second-order valence-electron chi connectivity index (χ2n) is 13.4. The smallest absolute Gasteiger partial charge is 0.210 e. The molecule has 0 unspecified atom stereocenters. The average Bonchev–Trinajstić information content (AvgIpc) is 3.34. The lowest BCUT2D eigenvalue weighted by Crippen LogP contribution is -2.26. The maximum Gasteiger partial charge on any atom is 0.210 e. The highest BCUT2D eigenvalue weighted by molar-refractivity contribution is 6.32. The van der Waals surface area contributed by atoms with E-state index in [9.17, 15) is 0 Å². The molecule has 44 heavy (non-hydrogen) atoms. The number of nitrogens with zero attached hydrogens (tertiary/aromatic N) is 2. The zero-order chi connectivity index (χ0) is 31.4. The Morgan fingerprint density at radius 3 is 2.11 bits per heavy atom. The summed E-state index contributed by atoms with van der Waals surface area (Å²) >= 11 is 7.19. The topological polar surface area (TPSA) is 6.25 Å². The molecule has 2 heterocycles. The predicted octanol–water partition coefficient (Wildman–Crippen LogP) is 11.1. The van der Waals surface area contributed by atoms with Crippen molar-refractivity contribution in [2.45, 2.75) is 65.2 Å². The van der Waals surface area contributed by atoms with Gasteiger partial charge in [0.2, 0.25) is 5.69 Å². The third kappa shape index (κ3) is 4.75. The number of anilines is 1. The third-order valence-corrected chi connectivity index (χ3v) is 10.4. The molecule has 0 saturated heterocycles. The summed E-state index contributed by atoms with van der Waals surface area (Å²) in [5.74, 6) is 0. The van der Waals surface area contributed by atoms with Crippen LogP contribution in [0.4, 0.5) is 11.4 Å². The number of hydrogen-bond donors (Lipinski definition) is 0. The lowest BCUT2D eigenvalue weighted by atomic mass is 9.79. The Morgan fingerprint density at radius 2 is 1.45 bits per heavy atom. The van der Waals surface area contributed by atoms with E-state index in [-0.39, 0.29) is 10.8 Å². The normalized spacial score (nSPS) is 19.0. The van der Waals surface area contributed by atoms with Crippen LogP contribution in [0.25, 0.3) is 21.5 Å². The lowest BCUT2D eigenvalue weighted by molar-refractivity contribution is -0.401. The first kappa shape index (κ1) is 30.2. The summed E-state index contributed by atoms with van der Waals surface area (Å²) in [5.41, 5.74) is 9.89. The Morgan fingerprint density at radius 1 is 0.841 bits per heavy atom. The number of rotatable bonds is 6. The van der Waals surface area contributed by atoms with Gasteiger partial charge in [-0.15, -0.1) is 0 Å². The molecule has 2 aliphatic rings. The van der Waals surface area contributed by atoms with E-state index in [0.717, 1.165) is 23.4 Å². The zero-order valence-corrected chi connectivity index (χ0v) is 28.2. The summed E-state index contributed by atoms with van der Waals surface area (Å²) in [6.45, 7) is 13.7. The SMILES string of the molecule is CCCC(=C\C=C1/N(C)c2ccc3ccccc3c2C1(C)C)/C(Cl)=C(C)/C=C/C1=[N+](C)c2ccc3ccccc3c2C1(C)C.